The third-order valence-electron chi connectivity index (χ3n) is 3.15. The zero-order valence-corrected chi connectivity index (χ0v) is 12.5. The van der Waals surface area contributed by atoms with E-state index in [2.05, 4.69) is 20.8 Å². The minimum atomic E-state index is -0.293. The molecule has 96 valence electrons. The molecule has 0 aromatic heterocycles. The molecule has 0 saturated heterocycles. The highest BCUT2D eigenvalue weighted by molar-refractivity contribution is 9.10. The number of benzene rings is 1. The number of aliphatic hydroxyl groups excluding tert-OH is 1. The van der Waals surface area contributed by atoms with Gasteiger partial charge in [0.15, 0.2) is 0 Å². The van der Waals surface area contributed by atoms with E-state index >= 15 is 0 Å². The molecule has 1 aromatic carbocycles. The Balaban J connectivity index is 3.08. The lowest BCUT2D eigenvalue weighted by Gasteiger charge is -2.36. The van der Waals surface area contributed by atoms with Crippen molar-refractivity contribution in [3.63, 3.8) is 0 Å². The first kappa shape index (κ1) is 14.5. The Kier molecular flexibility index (Phi) is 4.58. The Morgan fingerprint density at radius 1 is 1.47 bits per heavy atom. The highest BCUT2D eigenvalue weighted by Crippen LogP contribution is 2.31. The molecule has 1 atom stereocenters. The predicted octanol–water partition coefficient (Wildman–Crippen LogP) is 2.68. The molecule has 1 aromatic rings. The quantitative estimate of drug-likeness (QED) is 0.899. The molecule has 0 aliphatic carbocycles. The van der Waals surface area contributed by atoms with Crippen molar-refractivity contribution >= 4 is 21.6 Å². The van der Waals surface area contributed by atoms with E-state index in [9.17, 15) is 5.11 Å². The zero-order chi connectivity index (χ0) is 13.2. The van der Waals surface area contributed by atoms with Gasteiger partial charge in [-0.05, 0) is 54.4 Å². The second-order valence-corrected chi connectivity index (χ2v) is 5.88. The highest BCUT2D eigenvalue weighted by atomic mass is 79.9. The van der Waals surface area contributed by atoms with Gasteiger partial charge in [-0.3, -0.25) is 0 Å². The molecule has 0 aliphatic heterocycles. The third-order valence-corrected chi connectivity index (χ3v) is 3.79. The standard InChI is InChI=1S/C13H21BrN2O/c1-9(15)10-5-6-12(11(14)7-10)16(4)13(2,3)8-17/h5-7,9,17H,8,15H2,1-4H3/t9-/m0/s1. The van der Waals surface area contributed by atoms with Crippen LogP contribution in [0.15, 0.2) is 22.7 Å². The van der Waals surface area contributed by atoms with Crippen molar-refractivity contribution in [2.45, 2.75) is 32.4 Å². The van der Waals surface area contributed by atoms with E-state index < -0.39 is 0 Å². The van der Waals surface area contributed by atoms with E-state index in [-0.39, 0.29) is 18.2 Å². The van der Waals surface area contributed by atoms with Crippen LogP contribution in [-0.2, 0) is 0 Å². The summed E-state index contributed by atoms with van der Waals surface area (Å²) < 4.78 is 0.997. The SMILES string of the molecule is C[C@H](N)c1ccc(N(C)C(C)(C)CO)c(Br)c1. The Hall–Kier alpha value is -0.580. The van der Waals surface area contributed by atoms with Crippen LogP contribution in [0, 0.1) is 0 Å². The summed E-state index contributed by atoms with van der Waals surface area (Å²) in [7, 11) is 1.97. The number of hydrogen-bond acceptors (Lipinski definition) is 3. The fraction of sp³-hybridized carbons (Fsp3) is 0.538. The fourth-order valence-corrected chi connectivity index (χ4v) is 2.17. The average molecular weight is 301 g/mol. The van der Waals surface area contributed by atoms with Crippen LogP contribution in [0.3, 0.4) is 0 Å². The van der Waals surface area contributed by atoms with Gasteiger partial charge in [0, 0.05) is 17.6 Å². The van der Waals surface area contributed by atoms with Gasteiger partial charge in [-0.1, -0.05) is 6.07 Å². The van der Waals surface area contributed by atoms with E-state index in [0.717, 1.165) is 15.7 Å². The summed E-state index contributed by atoms with van der Waals surface area (Å²) >= 11 is 3.56. The maximum atomic E-state index is 9.38. The lowest BCUT2D eigenvalue weighted by atomic mass is 10.0. The summed E-state index contributed by atoms with van der Waals surface area (Å²) in [6.07, 6.45) is 0. The van der Waals surface area contributed by atoms with Crippen LogP contribution in [-0.4, -0.2) is 24.3 Å². The van der Waals surface area contributed by atoms with Gasteiger partial charge in [0.25, 0.3) is 0 Å². The normalized spacial score (nSPS) is 13.6. The molecule has 0 fully saturated rings. The molecular weight excluding hydrogens is 280 g/mol. The summed E-state index contributed by atoms with van der Waals surface area (Å²) in [5, 5.41) is 9.38. The highest BCUT2D eigenvalue weighted by Gasteiger charge is 2.24. The number of anilines is 1. The molecule has 0 aliphatic rings. The molecule has 0 saturated carbocycles. The number of rotatable bonds is 4. The molecule has 17 heavy (non-hydrogen) atoms. The van der Waals surface area contributed by atoms with Crippen LogP contribution in [0.1, 0.15) is 32.4 Å². The number of nitrogens with zero attached hydrogens (tertiary/aromatic N) is 1. The molecule has 0 radical (unpaired) electrons. The molecule has 0 amide bonds. The lowest BCUT2D eigenvalue weighted by Crippen LogP contribution is -2.44. The summed E-state index contributed by atoms with van der Waals surface area (Å²) in [6, 6.07) is 6.11. The second-order valence-electron chi connectivity index (χ2n) is 5.03. The molecule has 0 unspecified atom stereocenters. The average Bonchev–Trinajstić information content (AvgIpc) is 2.27. The van der Waals surface area contributed by atoms with Crippen molar-refractivity contribution in [3.05, 3.63) is 28.2 Å². The van der Waals surface area contributed by atoms with Crippen LogP contribution in [0.25, 0.3) is 0 Å². The first-order chi connectivity index (χ1) is 7.79. The van der Waals surface area contributed by atoms with Gasteiger partial charge in [0.2, 0.25) is 0 Å². The first-order valence-electron chi connectivity index (χ1n) is 5.69. The van der Waals surface area contributed by atoms with Gasteiger partial charge >= 0.3 is 0 Å². The van der Waals surface area contributed by atoms with Crippen LogP contribution in [0.4, 0.5) is 5.69 Å². The van der Waals surface area contributed by atoms with Gasteiger partial charge in [0.1, 0.15) is 0 Å². The van der Waals surface area contributed by atoms with Crippen LogP contribution < -0.4 is 10.6 Å². The van der Waals surface area contributed by atoms with Gasteiger partial charge in [-0.25, -0.2) is 0 Å². The van der Waals surface area contributed by atoms with E-state index in [4.69, 9.17) is 5.73 Å². The molecule has 4 heteroatoms. The minimum absolute atomic E-state index is 0.0245. The molecular formula is C13H21BrN2O. The molecule has 0 spiro atoms. The maximum absolute atomic E-state index is 9.38. The lowest BCUT2D eigenvalue weighted by molar-refractivity contribution is 0.216. The molecule has 0 bridgehead atoms. The monoisotopic (exact) mass is 300 g/mol. The van der Waals surface area contributed by atoms with Crippen LogP contribution in [0.5, 0.6) is 0 Å². The van der Waals surface area contributed by atoms with Gasteiger partial charge in [-0.2, -0.15) is 0 Å². The third kappa shape index (κ3) is 3.21. The largest absolute Gasteiger partial charge is 0.394 e. The molecule has 3 N–H and O–H groups in total. The van der Waals surface area contributed by atoms with Gasteiger partial charge in [-0.15, -0.1) is 0 Å². The predicted molar refractivity (Wildman–Crippen MR) is 76.3 cm³/mol. The maximum Gasteiger partial charge on any atom is 0.0658 e. The van der Waals surface area contributed by atoms with E-state index in [1.807, 2.05) is 46.0 Å². The number of aliphatic hydroxyl groups is 1. The minimum Gasteiger partial charge on any atom is -0.394 e. The van der Waals surface area contributed by atoms with Gasteiger partial charge in [0.05, 0.1) is 17.8 Å². The van der Waals surface area contributed by atoms with E-state index in [1.54, 1.807) is 0 Å². The molecule has 0 heterocycles. The van der Waals surface area contributed by atoms with Crippen molar-refractivity contribution in [2.75, 3.05) is 18.6 Å². The topological polar surface area (TPSA) is 49.5 Å². The Morgan fingerprint density at radius 3 is 2.47 bits per heavy atom. The fourth-order valence-electron chi connectivity index (χ4n) is 1.51. The summed E-state index contributed by atoms with van der Waals surface area (Å²) in [5.41, 5.74) is 7.70. The smallest absolute Gasteiger partial charge is 0.0658 e. The summed E-state index contributed by atoms with van der Waals surface area (Å²) in [5.74, 6) is 0. The first-order valence-corrected chi connectivity index (χ1v) is 6.48. The van der Waals surface area contributed by atoms with Crippen molar-refractivity contribution in [3.8, 4) is 0 Å². The number of halogens is 1. The Morgan fingerprint density at radius 2 is 2.06 bits per heavy atom. The molecule has 3 nitrogen and oxygen atoms in total. The second kappa shape index (κ2) is 5.38. The van der Waals surface area contributed by atoms with Crippen LogP contribution in [0.2, 0.25) is 0 Å². The summed E-state index contributed by atoms with van der Waals surface area (Å²) in [4.78, 5) is 2.06. The zero-order valence-electron chi connectivity index (χ0n) is 10.9. The Labute approximate surface area is 112 Å². The van der Waals surface area contributed by atoms with E-state index in [0.29, 0.717) is 0 Å². The van der Waals surface area contributed by atoms with Crippen molar-refractivity contribution in [2.24, 2.45) is 5.73 Å². The van der Waals surface area contributed by atoms with Crippen molar-refractivity contribution < 1.29 is 5.11 Å². The Bertz CT molecular complexity index is 391. The molecule has 1 rings (SSSR count). The number of hydrogen-bond donors (Lipinski definition) is 2. The number of nitrogens with two attached hydrogens (primary N) is 1. The van der Waals surface area contributed by atoms with E-state index in [1.165, 1.54) is 0 Å². The van der Waals surface area contributed by atoms with Crippen molar-refractivity contribution in [1.29, 1.82) is 0 Å². The van der Waals surface area contributed by atoms with Crippen LogP contribution >= 0.6 is 15.9 Å². The van der Waals surface area contributed by atoms with Crippen molar-refractivity contribution in [1.82, 2.24) is 0 Å². The van der Waals surface area contributed by atoms with Gasteiger partial charge < -0.3 is 15.7 Å². The summed E-state index contributed by atoms with van der Waals surface area (Å²) in [6.45, 7) is 6.06. The number of likely N-dealkylation sites (N-methyl/N-ethyl adjacent to an activating group) is 1.